The maximum Gasteiger partial charge on any atom is 0.0400 e. The molecule has 4 heteroatoms. The van der Waals surface area contributed by atoms with Crippen LogP contribution in [0.4, 0.5) is 34.1 Å². The van der Waals surface area contributed by atoms with Crippen LogP contribution in [0.5, 0.6) is 0 Å². The molecule has 0 aromatic heterocycles. The third-order valence-electron chi connectivity index (χ3n) is 15.3. The molecule has 4 N–H and O–H groups in total. The molecule has 0 saturated carbocycles. The number of anilines is 6. The Kier molecular flexibility index (Phi) is 18.9. The van der Waals surface area contributed by atoms with Gasteiger partial charge >= 0.3 is 0 Å². The van der Waals surface area contributed by atoms with Crippen LogP contribution in [0.2, 0.25) is 0 Å². The first-order chi connectivity index (χ1) is 38.4. The van der Waals surface area contributed by atoms with Crippen molar-refractivity contribution in [2.75, 3.05) is 21.3 Å². The van der Waals surface area contributed by atoms with E-state index in [1.54, 1.807) is 0 Å². The highest BCUT2D eigenvalue weighted by Gasteiger charge is 2.26. The maximum absolute atomic E-state index is 3.67. The molecule has 0 bridgehead atoms. The topological polar surface area (TPSA) is 48.1 Å². The van der Waals surface area contributed by atoms with Gasteiger partial charge in [-0.2, -0.15) is 0 Å². The van der Waals surface area contributed by atoms with Crippen molar-refractivity contribution in [1.82, 2.24) is 0 Å². The molecule has 0 aliphatic heterocycles. The first-order valence-corrected chi connectivity index (χ1v) is 29.3. The van der Waals surface area contributed by atoms with Gasteiger partial charge in [-0.15, -0.1) is 0 Å². The number of hydrogen-bond donors (Lipinski definition) is 4. The molecule has 0 radical (unpaired) electrons. The van der Waals surface area contributed by atoms with E-state index in [4.69, 9.17) is 0 Å². The molecular weight excluding hydrogens is 981 g/mol. The second-order valence-corrected chi connectivity index (χ2v) is 26.5. The summed E-state index contributed by atoms with van der Waals surface area (Å²) in [4.78, 5) is 0. The zero-order chi connectivity index (χ0) is 58.0. The summed E-state index contributed by atoms with van der Waals surface area (Å²) in [6, 6.07) is 74.4. The van der Waals surface area contributed by atoms with Crippen molar-refractivity contribution >= 4 is 34.1 Å². The van der Waals surface area contributed by atoms with Crippen molar-refractivity contribution in [3.63, 3.8) is 0 Å². The summed E-state index contributed by atoms with van der Waals surface area (Å²) in [5.41, 5.74) is 26.3. The molecule has 0 saturated heterocycles. The molecule has 418 valence electrons. The second kappa shape index (κ2) is 25.7. The quantitative estimate of drug-likeness (QED) is 0.0779. The molecule has 0 unspecified atom stereocenters. The lowest BCUT2D eigenvalue weighted by molar-refractivity contribution is 0.559. The van der Waals surface area contributed by atoms with Crippen molar-refractivity contribution in [1.29, 1.82) is 0 Å². The Balaban J connectivity index is 0.000000216. The average Bonchev–Trinajstić information content (AvgIpc) is 3.53. The summed E-state index contributed by atoms with van der Waals surface area (Å²) in [5.74, 6) is 0. The fourth-order valence-corrected chi connectivity index (χ4v) is 11.0. The van der Waals surface area contributed by atoms with Crippen molar-refractivity contribution in [2.24, 2.45) is 0 Å². The van der Waals surface area contributed by atoms with Gasteiger partial charge in [-0.25, -0.2) is 0 Å². The minimum atomic E-state index is 0.115. The van der Waals surface area contributed by atoms with Gasteiger partial charge in [0.25, 0.3) is 0 Å². The normalized spacial score (nSPS) is 11.8. The molecule has 9 aromatic rings. The highest BCUT2D eigenvalue weighted by atomic mass is 14.9. The van der Waals surface area contributed by atoms with E-state index in [1.807, 2.05) is 0 Å². The highest BCUT2D eigenvalue weighted by Crippen LogP contribution is 2.37. The van der Waals surface area contributed by atoms with E-state index in [9.17, 15) is 0 Å². The predicted molar refractivity (Wildman–Crippen MR) is 352 cm³/mol. The van der Waals surface area contributed by atoms with Crippen LogP contribution in [0.25, 0.3) is 0 Å². The largest absolute Gasteiger partial charge is 0.381 e. The van der Waals surface area contributed by atoms with Crippen LogP contribution in [0.3, 0.4) is 0 Å². The number of benzene rings is 9. The van der Waals surface area contributed by atoms with Crippen molar-refractivity contribution in [3.8, 4) is 0 Å². The fraction of sp³-hybridized carbons (Fsp3) is 0.299. The number of rotatable bonds is 16. The van der Waals surface area contributed by atoms with Gasteiger partial charge in [0.2, 0.25) is 0 Å². The van der Waals surface area contributed by atoms with Gasteiger partial charge in [0, 0.05) is 47.2 Å². The molecular formula is C77H90N4. The van der Waals surface area contributed by atoms with Crippen LogP contribution in [0.15, 0.2) is 206 Å². The van der Waals surface area contributed by atoms with Crippen molar-refractivity contribution < 1.29 is 0 Å². The van der Waals surface area contributed by atoms with Gasteiger partial charge in [0.05, 0.1) is 0 Å². The molecule has 0 atom stereocenters. The van der Waals surface area contributed by atoms with E-state index < -0.39 is 0 Å². The lowest BCUT2D eigenvalue weighted by Gasteiger charge is -2.30. The Bertz CT molecular complexity index is 3350. The molecule has 9 rings (SSSR count). The van der Waals surface area contributed by atoms with E-state index in [0.29, 0.717) is 0 Å². The molecule has 9 aromatic carbocycles. The summed E-state index contributed by atoms with van der Waals surface area (Å²) >= 11 is 0. The van der Waals surface area contributed by atoms with Crippen LogP contribution in [0.1, 0.15) is 161 Å². The van der Waals surface area contributed by atoms with Gasteiger partial charge < -0.3 is 21.3 Å². The van der Waals surface area contributed by atoms with Gasteiger partial charge in [-0.1, -0.05) is 217 Å². The van der Waals surface area contributed by atoms with Crippen molar-refractivity contribution in [3.05, 3.63) is 284 Å². The molecule has 0 spiro atoms. The minimum absolute atomic E-state index is 0.115. The highest BCUT2D eigenvalue weighted by molar-refractivity contribution is 5.64. The molecule has 0 aliphatic carbocycles. The summed E-state index contributed by atoms with van der Waals surface area (Å²) in [6.45, 7) is 33.9. The number of nitrogens with one attached hydrogen (secondary N) is 4. The monoisotopic (exact) mass is 1070 g/mol. The smallest absolute Gasteiger partial charge is 0.0400 e. The summed E-state index contributed by atoms with van der Waals surface area (Å²) in [7, 11) is 0. The van der Waals surface area contributed by atoms with E-state index >= 15 is 0 Å². The molecule has 0 fully saturated rings. The second-order valence-electron chi connectivity index (χ2n) is 26.5. The number of hydrogen-bond acceptors (Lipinski definition) is 4. The SMILES string of the molecule is Cc1c(C(C)(C)C)cc(CNc2ccc(Cc3ccc(Nc4ccc(Cc5ccccc5)cc4)cc3)cc2)cc1C(C)(C)C.Cc1c(C(C)(C)C)cc(CNc2ccc(Nc3ccc(Cc4ccccc4)cc3)cc2)cc1C(C)(C)C. The Morgan fingerprint density at radius 1 is 0.247 bits per heavy atom. The first-order valence-electron chi connectivity index (χ1n) is 29.3. The summed E-state index contributed by atoms with van der Waals surface area (Å²) in [5, 5.41) is 14.4. The van der Waals surface area contributed by atoms with Crippen LogP contribution < -0.4 is 21.3 Å². The molecule has 0 heterocycles. The predicted octanol–water partition coefficient (Wildman–Crippen LogP) is 20.7. The Morgan fingerprint density at radius 2 is 0.457 bits per heavy atom. The summed E-state index contributed by atoms with van der Waals surface area (Å²) < 4.78 is 0. The van der Waals surface area contributed by atoms with Crippen LogP contribution in [0, 0.1) is 13.8 Å². The van der Waals surface area contributed by atoms with Crippen LogP contribution >= 0.6 is 0 Å². The van der Waals surface area contributed by atoms with Gasteiger partial charge in [0.15, 0.2) is 0 Å². The Hall–Kier alpha value is -7.82. The van der Waals surface area contributed by atoms with Crippen LogP contribution in [-0.2, 0) is 54.0 Å². The molecule has 0 amide bonds. The Morgan fingerprint density at radius 3 is 0.704 bits per heavy atom. The van der Waals surface area contributed by atoms with E-state index in [2.05, 4.69) is 324 Å². The van der Waals surface area contributed by atoms with Gasteiger partial charge in [0.1, 0.15) is 0 Å². The van der Waals surface area contributed by atoms with Crippen LogP contribution in [-0.4, -0.2) is 0 Å². The lowest BCUT2D eigenvalue weighted by Crippen LogP contribution is -2.20. The standard InChI is InChI=1S/C42H48N2.C35H42N2/c1-30-39(41(2,3)4)27-35(28-40(30)42(5,6)7)29-43-36-19-13-32(14-20-36)26-34-17-23-38(24-18-34)44-37-21-15-33(16-22-37)25-31-11-9-8-10-12-31;1-25-32(34(2,3)4)22-28(23-33(25)35(5,6)7)24-36-29-17-19-31(20-18-29)37-30-15-13-27(14-16-30)21-26-11-9-8-10-12-26/h8-24,27-28,43-44H,25-26,29H2,1-7H3;8-20,22-23,36-37H,21,24H2,1-7H3. The Labute approximate surface area is 487 Å². The summed E-state index contributed by atoms with van der Waals surface area (Å²) in [6.07, 6.45) is 2.82. The maximum atomic E-state index is 3.67. The lowest BCUT2D eigenvalue weighted by atomic mass is 9.76. The van der Waals surface area contributed by atoms with E-state index in [0.717, 1.165) is 66.5 Å². The third kappa shape index (κ3) is 17.1. The zero-order valence-electron chi connectivity index (χ0n) is 51.2. The fourth-order valence-electron chi connectivity index (χ4n) is 11.0. The van der Waals surface area contributed by atoms with Crippen molar-refractivity contribution in [2.45, 2.75) is 151 Å². The zero-order valence-corrected chi connectivity index (χ0v) is 51.2. The van der Waals surface area contributed by atoms with Gasteiger partial charge in [-0.3, -0.25) is 0 Å². The molecule has 0 aliphatic rings. The van der Waals surface area contributed by atoms with Gasteiger partial charge in [-0.05, 0) is 205 Å². The average molecular weight is 1070 g/mol. The third-order valence-corrected chi connectivity index (χ3v) is 15.3. The van der Waals surface area contributed by atoms with E-state index in [-0.39, 0.29) is 21.7 Å². The molecule has 81 heavy (non-hydrogen) atoms. The minimum Gasteiger partial charge on any atom is -0.381 e. The first kappa shape index (κ1) is 59.3. The van der Waals surface area contributed by atoms with E-state index in [1.165, 1.54) is 77.9 Å². The molecule has 4 nitrogen and oxygen atoms in total.